The standard InChI is InChI=1S/C22H30N2O3/c1-4-5-6-15-27-21-16-18(9-12-20(21)24(2)3)22(26)23-14-13-17-7-10-19(25)11-8-17/h7-12,16,25H,4-6,13-15H2,1-3H3,(H,23,26). The Labute approximate surface area is 162 Å². The normalized spacial score (nSPS) is 10.5. The van der Waals surface area contributed by atoms with Crippen LogP contribution in [0.2, 0.25) is 0 Å². The van der Waals surface area contributed by atoms with Crippen LogP contribution in [0.15, 0.2) is 42.5 Å². The van der Waals surface area contributed by atoms with Crippen LogP contribution in [-0.2, 0) is 6.42 Å². The van der Waals surface area contributed by atoms with Crippen LogP contribution >= 0.6 is 0 Å². The first-order chi connectivity index (χ1) is 13.0. The van der Waals surface area contributed by atoms with E-state index < -0.39 is 0 Å². The molecule has 0 saturated carbocycles. The number of carbonyl (C=O) groups is 1. The molecule has 2 aromatic rings. The van der Waals surface area contributed by atoms with Crippen molar-refractivity contribution in [3.8, 4) is 11.5 Å². The highest BCUT2D eigenvalue weighted by molar-refractivity contribution is 5.95. The van der Waals surface area contributed by atoms with E-state index in [0.29, 0.717) is 25.1 Å². The average Bonchev–Trinajstić information content (AvgIpc) is 2.66. The van der Waals surface area contributed by atoms with Crippen LogP contribution in [0.25, 0.3) is 0 Å². The summed E-state index contributed by atoms with van der Waals surface area (Å²) in [6.45, 7) is 3.35. The Morgan fingerprint density at radius 2 is 1.85 bits per heavy atom. The predicted molar refractivity (Wildman–Crippen MR) is 110 cm³/mol. The Kier molecular flexibility index (Phi) is 7.99. The maximum absolute atomic E-state index is 12.5. The fraction of sp³-hybridized carbons (Fsp3) is 0.409. The van der Waals surface area contributed by atoms with Gasteiger partial charge in [-0.05, 0) is 48.7 Å². The number of carbonyl (C=O) groups excluding carboxylic acids is 1. The summed E-state index contributed by atoms with van der Waals surface area (Å²) >= 11 is 0. The smallest absolute Gasteiger partial charge is 0.251 e. The number of phenolic OH excluding ortho intramolecular Hbond substituents is 1. The van der Waals surface area contributed by atoms with E-state index in [1.807, 2.05) is 49.3 Å². The topological polar surface area (TPSA) is 61.8 Å². The lowest BCUT2D eigenvalue weighted by molar-refractivity contribution is 0.0953. The fourth-order valence-corrected chi connectivity index (χ4v) is 2.76. The summed E-state index contributed by atoms with van der Waals surface area (Å²) in [5.41, 5.74) is 2.62. The molecular formula is C22H30N2O3. The van der Waals surface area contributed by atoms with Gasteiger partial charge >= 0.3 is 0 Å². The Hall–Kier alpha value is -2.69. The second-order valence-corrected chi connectivity index (χ2v) is 6.80. The number of nitrogens with one attached hydrogen (secondary N) is 1. The zero-order chi connectivity index (χ0) is 19.6. The van der Waals surface area contributed by atoms with Crippen LogP contribution in [0, 0.1) is 0 Å². The summed E-state index contributed by atoms with van der Waals surface area (Å²) in [6.07, 6.45) is 4.00. The Balaban J connectivity index is 1.96. The summed E-state index contributed by atoms with van der Waals surface area (Å²) in [5.74, 6) is 0.870. The van der Waals surface area contributed by atoms with E-state index in [4.69, 9.17) is 4.74 Å². The minimum absolute atomic E-state index is 0.113. The molecule has 0 atom stereocenters. The number of nitrogens with zero attached hydrogens (tertiary/aromatic N) is 1. The second kappa shape index (κ2) is 10.5. The van der Waals surface area contributed by atoms with Gasteiger partial charge in [-0.25, -0.2) is 0 Å². The monoisotopic (exact) mass is 370 g/mol. The van der Waals surface area contributed by atoms with Crippen molar-refractivity contribution in [2.45, 2.75) is 32.6 Å². The number of rotatable bonds is 10. The number of anilines is 1. The molecule has 0 bridgehead atoms. The molecule has 5 nitrogen and oxygen atoms in total. The highest BCUT2D eigenvalue weighted by atomic mass is 16.5. The molecule has 0 spiro atoms. The van der Waals surface area contributed by atoms with Crippen LogP contribution in [0.5, 0.6) is 11.5 Å². The minimum atomic E-state index is -0.113. The van der Waals surface area contributed by atoms with Gasteiger partial charge in [0.1, 0.15) is 11.5 Å². The fourth-order valence-electron chi connectivity index (χ4n) is 2.76. The van der Waals surface area contributed by atoms with Crippen LogP contribution in [0.1, 0.15) is 42.1 Å². The molecule has 2 rings (SSSR count). The third kappa shape index (κ3) is 6.51. The first-order valence-corrected chi connectivity index (χ1v) is 9.51. The Bertz CT molecular complexity index is 727. The number of aromatic hydroxyl groups is 1. The van der Waals surface area contributed by atoms with Crippen molar-refractivity contribution in [2.75, 3.05) is 32.1 Å². The van der Waals surface area contributed by atoms with E-state index in [2.05, 4.69) is 12.2 Å². The van der Waals surface area contributed by atoms with Gasteiger partial charge in [-0.15, -0.1) is 0 Å². The molecule has 0 saturated heterocycles. The summed E-state index contributed by atoms with van der Waals surface area (Å²) in [4.78, 5) is 14.5. The number of unbranched alkanes of at least 4 members (excludes halogenated alkanes) is 2. The number of benzene rings is 2. The zero-order valence-corrected chi connectivity index (χ0v) is 16.5. The van der Waals surface area contributed by atoms with E-state index >= 15 is 0 Å². The quantitative estimate of drug-likeness (QED) is 0.621. The molecule has 5 heteroatoms. The van der Waals surface area contributed by atoms with Gasteiger partial charge in [-0.3, -0.25) is 4.79 Å². The molecule has 0 heterocycles. The molecule has 0 aromatic heterocycles. The van der Waals surface area contributed by atoms with Crippen molar-refractivity contribution < 1.29 is 14.6 Å². The Morgan fingerprint density at radius 1 is 1.11 bits per heavy atom. The molecule has 2 N–H and O–H groups in total. The van der Waals surface area contributed by atoms with Crippen molar-refractivity contribution in [2.24, 2.45) is 0 Å². The highest BCUT2D eigenvalue weighted by Crippen LogP contribution is 2.28. The molecule has 0 unspecified atom stereocenters. The molecule has 0 aliphatic heterocycles. The zero-order valence-electron chi connectivity index (χ0n) is 16.5. The number of phenols is 1. The van der Waals surface area contributed by atoms with Crippen LogP contribution < -0.4 is 15.0 Å². The van der Waals surface area contributed by atoms with Crippen molar-refractivity contribution >= 4 is 11.6 Å². The van der Waals surface area contributed by atoms with Crippen LogP contribution in [0.3, 0.4) is 0 Å². The van der Waals surface area contributed by atoms with Crippen molar-refractivity contribution in [3.05, 3.63) is 53.6 Å². The largest absolute Gasteiger partial charge is 0.508 e. The van der Waals surface area contributed by atoms with E-state index in [-0.39, 0.29) is 11.7 Å². The number of ether oxygens (including phenoxy) is 1. The maximum Gasteiger partial charge on any atom is 0.251 e. The summed E-state index contributed by atoms with van der Waals surface area (Å²) in [6, 6.07) is 12.6. The first kappa shape index (κ1) is 20.6. The molecule has 0 aliphatic carbocycles. The van der Waals surface area contributed by atoms with Crippen LogP contribution in [0.4, 0.5) is 5.69 Å². The van der Waals surface area contributed by atoms with Gasteiger partial charge in [0, 0.05) is 26.2 Å². The SMILES string of the molecule is CCCCCOc1cc(C(=O)NCCc2ccc(O)cc2)ccc1N(C)C. The predicted octanol–water partition coefficient (Wildman–Crippen LogP) is 4.00. The second-order valence-electron chi connectivity index (χ2n) is 6.80. The molecule has 0 radical (unpaired) electrons. The summed E-state index contributed by atoms with van der Waals surface area (Å²) in [5, 5.41) is 12.3. The van der Waals surface area contributed by atoms with Gasteiger partial charge in [-0.1, -0.05) is 31.9 Å². The van der Waals surface area contributed by atoms with Crippen molar-refractivity contribution in [1.29, 1.82) is 0 Å². The first-order valence-electron chi connectivity index (χ1n) is 9.51. The van der Waals surface area contributed by atoms with E-state index in [0.717, 1.165) is 36.3 Å². The van der Waals surface area contributed by atoms with Gasteiger partial charge < -0.3 is 20.1 Å². The molecule has 0 fully saturated rings. The van der Waals surface area contributed by atoms with Gasteiger partial charge in [0.25, 0.3) is 5.91 Å². The number of amides is 1. The molecule has 2 aromatic carbocycles. The maximum atomic E-state index is 12.5. The van der Waals surface area contributed by atoms with Crippen LogP contribution in [-0.4, -0.2) is 38.3 Å². The van der Waals surface area contributed by atoms with Gasteiger partial charge in [0.2, 0.25) is 0 Å². The molecule has 27 heavy (non-hydrogen) atoms. The third-order valence-corrected chi connectivity index (χ3v) is 4.34. The lowest BCUT2D eigenvalue weighted by atomic mass is 10.1. The highest BCUT2D eigenvalue weighted by Gasteiger charge is 2.12. The van der Waals surface area contributed by atoms with Crippen molar-refractivity contribution in [1.82, 2.24) is 5.32 Å². The van der Waals surface area contributed by atoms with Gasteiger partial charge in [0.15, 0.2) is 0 Å². The lowest BCUT2D eigenvalue weighted by Gasteiger charge is -2.19. The van der Waals surface area contributed by atoms with Gasteiger partial charge in [0.05, 0.1) is 12.3 Å². The Morgan fingerprint density at radius 3 is 2.52 bits per heavy atom. The average molecular weight is 370 g/mol. The third-order valence-electron chi connectivity index (χ3n) is 4.34. The van der Waals surface area contributed by atoms with Crippen molar-refractivity contribution in [3.63, 3.8) is 0 Å². The molecule has 0 aliphatic rings. The van der Waals surface area contributed by atoms with E-state index in [1.165, 1.54) is 0 Å². The molecular weight excluding hydrogens is 340 g/mol. The van der Waals surface area contributed by atoms with E-state index in [1.54, 1.807) is 12.1 Å². The number of hydrogen-bond donors (Lipinski definition) is 2. The van der Waals surface area contributed by atoms with Gasteiger partial charge in [-0.2, -0.15) is 0 Å². The summed E-state index contributed by atoms with van der Waals surface area (Å²) in [7, 11) is 3.93. The summed E-state index contributed by atoms with van der Waals surface area (Å²) < 4.78 is 5.93. The molecule has 1 amide bonds. The minimum Gasteiger partial charge on any atom is -0.508 e. The lowest BCUT2D eigenvalue weighted by Crippen LogP contribution is -2.26. The molecule has 146 valence electrons. The van der Waals surface area contributed by atoms with E-state index in [9.17, 15) is 9.90 Å². The number of hydrogen-bond acceptors (Lipinski definition) is 4.